The van der Waals surface area contributed by atoms with Crippen LogP contribution in [0.4, 0.5) is 11.4 Å². The molecule has 0 unspecified atom stereocenters. The van der Waals surface area contributed by atoms with Crippen LogP contribution in [0, 0.1) is 0 Å². The van der Waals surface area contributed by atoms with Gasteiger partial charge in [0.05, 0.1) is 24.9 Å². The highest BCUT2D eigenvalue weighted by atomic mass is 32.2. The zero-order valence-corrected chi connectivity index (χ0v) is 21.8. The van der Waals surface area contributed by atoms with Crippen molar-refractivity contribution in [1.82, 2.24) is 4.57 Å². The lowest BCUT2D eigenvalue weighted by Gasteiger charge is -2.10. The number of methoxy groups -OCH3 is 1. The minimum atomic E-state index is -3.98. The Morgan fingerprint density at radius 2 is 1.76 bits per heavy atom. The zero-order valence-electron chi connectivity index (χ0n) is 20.2. The summed E-state index contributed by atoms with van der Waals surface area (Å²) in [7, 11) is -2.43. The standard InChI is InChI=1S/C27H23N5O4S2/c1-36-19-13-14-23-21(15-19)25(30-31-27(37)29-22-11-4-5-12-24(22)38(28,34)35)26(33)32(23)16-18-9-6-8-17-7-2-3-10-20(17)18/h2-15,33H,16H2,1H3,(H,29,37)(H2,28,34,35). The van der Waals surface area contributed by atoms with Crippen LogP contribution < -0.4 is 15.2 Å². The maximum absolute atomic E-state index is 11.9. The molecule has 5 aromatic rings. The highest BCUT2D eigenvalue weighted by Gasteiger charge is 2.19. The molecule has 1 aromatic heterocycles. The first-order valence-corrected chi connectivity index (χ1v) is 13.4. The maximum Gasteiger partial charge on any atom is 0.240 e. The van der Waals surface area contributed by atoms with Gasteiger partial charge in [0.25, 0.3) is 0 Å². The van der Waals surface area contributed by atoms with Crippen LogP contribution in [0.25, 0.3) is 21.7 Å². The van der Waals surface area contributed by atoms with Crippen LogP contribution in [0.1, 0.15) is 5.56 Å². The van der Waals surface area contributed by atoms with Gasteiger partial charge in [-0.05, 0) is 58.9 Å². The third-order valence-electron chi connectivity index (χ3n) is 6.10. The first-order valence-electron chi connectivity index (χ1n) is 11.5. The van der Waals surface area contributed by atoms with E-state index in [1.54, 1.807) is 35.9 Å². The van der Waals surface area contributed by atoms with Crippen LogP contribution in [0.3, 0.4) is 0 Å². The van der Waals surface area contributed by atoms with E-state index in [4.69, 9.17) is 22.1 Å². The normalized spacial score (nSPS) is 11.8. The lowest BCUT2D eigenvalue weighted by atomic mass is 10.0. The van der Waals surface area contributed by atoms with E-state index in [9.17, 15) is 13.5 Å². The molecule has 1 heterocycles. The number of nitrogens with zero attached hydrogens (tertiary/aromatic N) is 3. The SMILES string of the molecule is COc1ccc2c(c1)c(N=NC(=S)Nc1ccccc1S(N)(=O)=O)c(O)n2Cc1cccc2ccccc12. The summed E-state index contributed by atoms with van der Waals surface area (Å²) in [6.45, 7) is 0.385. The van der Waals surface area contributed by atoms with Crippen molar-refractivity contribution in [2.24, 2.45) is 15.4 Å². The van der Waals surface area contributed by atoms with Gasteiger partial charge in [-0.2, -0.15) is 0 Å². The van der Waals surface area contributed by atoms with Crippen molar-refractivity contribution < 1.29 is 18.3 Å². The second-order valence-corrected chi connectivity index (χ2v) is 10.4. The molecule has 0 aliphatic carbocycles. The minimum Gasteiger partial charge on any atom is -0.497 e. The van der Waals surface area contributed by atoms with Crippen LogP contribution in [-0.2, 0) is 16.6 Å². The van der Waals surface area contributed by atoms with E-state index in [1.165, 1.54) is 12.1 Å². The topological polar surface area (TPSA) is 131 Å². The number of ether oxygens (including phenoxy) is 1. The lowest BCUT2D eigenvalue weighted by Crippen LogP contribution is -2.16. The number of aromatic nitrogens is 1. The molecule has 0 fully saturated rings. The third kappa shape index (κ3) is 4.94. The molecular weight excluding hydrogens is 522 g/mol. The van der Waals surface area contributed by atoms with E-state index in [-0.39, 0.29) is 27.3 Å². The van der Waals surface area contributed by atoms with Gasteiger partial charge in [-0.1, -0.05) is 54.6 Å². The van der Waals surface area contributed by atoms with E-state index in [2.05, 4.69) is 15.5 Å². The van der Waals surface area contributed by atoms with Crippen molar-refractivity contribution >= 4 is 60.4 Å². The monoisotopic (exact) mass is 545 g/mol. The zero-order chi connectivity index (χ0) is 26.9. The largest absolute Gasteiger partial charge is 0.497 e. The fourth-order valence-corrected chi connectivity index (χ4v) is 5.19. The number of thiocarbonyl (C=S) groups is 1. The Balaban J connectivity index is 1.54. The smallest absolute Gasteiger partial charge is 0.240 e. The van der Waals surface area contributed by atoms with Gasteiger partial charge < -0.3 is 19.7 Å². The summed E-state index contributed by atoms with van der Waals surface area (Å²) in [6, 6.07) is 25.5. The number of fused-ring (bicyclic) bond motifs is 2. The number of anilines is 1. The van der Waals surface area contributed by atoms with Crippen LogP contribution in [-0.4, -0.2) is 30.3 Å². The Bertz CT molecular complexity index is 1830. The first-order chi connectivity index (χ1) is 18.3. The number of hydrogen-bond donors (Lipinski definition) is 3. The molecule has 192 valence electrons. The molecule has 0 bridgehead atoms. The Labute approximate surface area is 224 Å². The summed E-state index contributed by atoms with van der Waals surface area (Å²) in [5, 5.41) is 30.3. The average molecular weight is 546 g/mol. The van der Waals surface area contributed by atoms with Gasteiger partial charge in [-0.25, -0.2) is 13.6 Å². The molecule has 4 N–H and O–H groups in total. The number of azo groups is 1. The quantitative estimate of drug-likeness (QED) is 0.186. The number of rotatable bonds is 6. The molecule has 5 rings (SSSR count). The fraction of sp³-hybridized carbons (Fsp3) is 0.0741. The van der Waals surface area contributed by atoms with Crippen molar-refractivity contribution in [1.29, 1.82) is 0 Å². The molecule has 0 saturated heterocycles. The number of primary sulfonamides is 1. The summed E-state index contributed by atoms with van der Waals surface area (Å²) < 4.78 is 30.9. The number of sulfonamides is 1. The summed E-state index contributed by atoms with van der Waals surface area (Å²) in [5.41, 5.74) is 2.11. The van der Waals surface area contributed by atoms with Gasteiger partial charge in [-0.3, -0.25) is 0 Å². The van der Waals surface area contributed by atoms with Crippen LogP contribution in [0.2, 0.25) is 0 Å². The Morgan fingerprint density at radius 1 is 1.03 bits per heavy atom. The molecule has 0 amide bonds. The van der Waals surface area contributed by atoms with Gasteiger partial charge in [0.2, 0.25) is 21.0 Å². The fourth-order valence-electron chi connectivity index (χ4n) is 4.34. The predicted molar refractivity (Wildman–Crippen MR) is 152 cm³/mol. The number of hydrogen-bond acceptors (Lipinski definition) is 6. The highest BCUT2D eigenvalue weighted by molar-refractivity contribution is 7.89. The Kier molecular flexibility index (Phi) is 6.81. The van der Waals surface area contributed by atoms with Gasteiger partial charge in [0, 0.05) is 5.39 Å². The van der Waals surface area contributed by atoms with E-state index in [0.29, 0.717) is 17.7 Å². The number of para-hydroxylation sites is 1. The maximum atomic E-state index is 11.9. The first kappa shape index (κ1) is 25.3. The van der Waals surface area contributed by atoms with E-state index < -0.39 is 10.0 Å². The molecule has 0 atom stereocenters. The van der Waals surface area contributed by atoms with Crippen molar-refractivity contribution in [3.05, 3.63) is 90.5 Å². The molecular formula is C27H23N5O4S2. The van der Waals surface area contributed by atoms with Crippen LogP contribution >= 0.6 is 12.2 Å². The highest BCUT2D eigenvalue weighted by Crippen LogP contribution is 2.41. The summed E-state index contributed by atoms with van der Waals surface area (Å²) in [6.07, 6.45) is 0. The molecule has 0 spiro atoms. The van der Waals surface area contributed by atoms with Crippen LogP contribution in [0.5, 0.6) is 11.6 Å². The van der Waals surface area contributed by atoms with Gasteiger partial charge >= 0.3 is 0 Å². The van der Waals surface area contributed by atoms with Gasteiger partial charge in [0.1, 0.15) is 10.6 Å². The second-order valence-electron chi connectivity index (χ2n) is 8.45. The summed E-state index contributed by atoms with van der Waals surface area (Å²) in [4.78, 5) is -0.128. The molecule has 0 aliphatic heterocycles. The van der Waals surface area contributed by atoms with Crippen molar-refractivity contribution in [3.8, 4) is 11.6 Å². The minimum absolute atomic E-state index is 0.0994. The third-order valence-corrected chi connectivity index (χ3v) is 7.25. The van der Waals surface area contributed by atoms with Crippen molar-refractivity contribution in [3.63, 3.8) is 0 Å². The Morgan fingerprint density at radius 3 is 2.55 bits per heavy atom. The number of nitrogens with one attached hydrogen (secondary N) is 1. The second kappa shape index (κ2) is 10.2. The number of benzene rings is 4. The molecule has 4 aromatic carbocycles. The van der Waals surface area contributed by atoms with Crippen LogP contribution in [0.15, 0.2) is 100 Å². The number of aromatic hydroxyl groups is 1. The van der Waals surface area contributed by atoms with Gasteiger partial charge in [-0.15, -0.1) is 10.2 Å². The molecule has 0 aliphatic rings. The molecule has 0 saturated carbocycles. The molecule has 0 radical (unpaired) electrons. The summed E-state index contributed by atoms with van der Waals surface area (Å²) >= 11 is 5.28. The summed E-state index contributed by atoms with van der Waals surface area (Å²) in [5.74, 6) is 0.483. The van der Waals surface area contributed by atoms with Gasteiger partial charge in [0.15, 0.2) is 5.69 Å². The molecule has 38 heavy (non-hydrogen) atoms. The van der Waals surface area contributed by atoms with E-state index in [1.807, 2.05) is 48.5 Å². The Hall–Kier alpha value is -4.32. The van der Waals surface area contributed by atoms with Crippen molar-refractivity contribution in [2.75, 3.05) is 12.4 Å². The molecule has 11 heteroatoms. The lowest BCUT2D eigenvalue weighted by molar-refractivity contribution is 0.415. The molecule has 9 nitrogen and oxygen atoms in total. The predicted octanol–water partition coefficient (Wildman–Crippen LogP) is 5.69. The number of nitrogens with two attached hydrogens (primary N) is 1. The van der Waals surface area contributed by atoms with Crippen molar-refractivity contribution in [2.45, 2.75) is 11.4 Å². The van der Waals surface area contributed by atoms with E-state index in [0.717, 1.165) is 21.9 Å². The average Bonchev–Trinajstić information content (AvgIpc) is 3.17. The van der Waals surface area contributed by atoms with E-state index >= 15 is 0 Å².